The Bertz CT molecular complexity index is 91.8. The third-order valence-corrected chi connectivity index (χ3v) is 1.05. The Balaban J connectivity index is 3.15. The van der Waals surface area contributed by atoms with E-state index < -0.39 is 0 Å². The van der Waals surface area contributed by atoms with Gasteiger partial charge >= 0.3 is 0 Å². The van der Waals surface area contributed by atoms with Crippen molar-refractivity contribution in [3.05, 3.63) is 24.3 Å². The zero-order valence-electron chi connectivity index (χ0n) is 6.29. The number of nitrogens with two attached hydrogens (primary N) is 2. The summed E-state index contributed by atoms with van der Waals surface area (Å²) < 4.78 is 0. The molecule has 0 amide bonds. The van der Waals surface area contributed by atoms with Crippen LogP contribution in [0.2, 0.25) is 0 Å². The van der Waals surface area contributed by atoms with Crippen LogP contribution in [0.3, 0.4) is 0 Å². The van der Waals surface area contributed by atoms with Crippen LogP contribution in [0.15, 0.2) is 24.3 Å². The van der Waals surface area contributed by atoms with Crippen LogP contribution in [0.5, 0.6) is 0 Å². The lowest BCUT2D eigenvalue weighted by atomic mass is 10.3. The molecule has 0 saturated carbocycles. The molecule has 0 aromatic heterocycles. The predicted molar refractivity (Wildman–Crippen MR) is 45.6 cm³/mol. The first kappa shape index (κ1) is 9.40. The van der Waals surface area contributed by atoms with Crippen molar-refractivity contribution in [3.8, 4) is 0 Å². The van der Waals surface area contributed by atoms with E-state index in [-0.39, 0.29) is 0 Å². The fraction of sp³-hybridized carbons (Fsp3) is 0.500. The summed E-state index contributed by atoms with van der Waals surface area (Å²) in [6.45, 7) is 1.45. The molecule has 58 valence electrons. The van der Waals surface area contributed by atoms with Gasteiger partial charge in [0.2, 0.25) is 0 Å². The summed E-state index contributed by atoms with van der Waals surface area (Å²) >= 11 is 0. The second-order valence-corrected chi connectivity index (χ2v) is 2.01. The molecule has 0 spiro atoms. The lowest BCUT2D eigenvalue weighted by Crippen LogP contribution is -1.95. The third kappa shape index (κ3) is 7.40. The van der Waals surface area contributed by atoms with Gasteiger partial charge in [0.25, 0.3) is 0 Å². The van der Waals surface area contributed by atoms with Crippen LogP contribution in [0.25, 0.3) is 0 Å². The summed E-state index contributed by atoms with van der Waals surface area (Å²) in [6.07, 6.45) is 10.0. The van der Waals surface area contributed by atoms with Crippen molar-refractivity contribution < 1.29 is 0 Å². The quantitative estimate of drug-likeness (QED) is 0.555. The molecular formula is C8H16N2. The topological polar surface area (TPSA) is 52.0 Å². The minimum atomic E-state index is 0.723. The molecule has 0 bridgehead atoms. The van der Waals surface area contributed by atoms with Gasteiger partial charge in [-0.2, -0.15) is 0 Å². The first-order valence-corrected chi connectivity index (χ1v) is 3.63. The zero-order chi connectivity index (χ0) is 7.66. The van der Waals surface area contributed by atoms with E-state index in [9.17, 15) is 0 Å². The van der Waals surface area contributed by atoms with E-state index in [1.54, 1.807) is 0 Å². The van der Waals surface area contributed by atoms with Crippen molar-refractivity contribution in [2.45, 2.75) is 12.8 Å². The zero-order valence-corrected chi connectivity index (χ0v) is 6.29. The van der Waals surface area contributed by atoms with Crippen molar-refractivity contribution in [1.82, 2.24) is 0 Å². The lowest BCUT2D eigenvalue weighted by molar-refractivity contribution is 1.00. The molecule has 0 aliphatic rings. The van der Waals surface area contributed by atoms with Crippen LogP contribution in [-0.2, 0) is 0 Å². The van der Waals surface area contributed by atoms with Crippen LogP contribution in [0, 0.1) is 0 Å². The fourth-order valence-corrected chi connectivity index (χ4v) is 0.542. The summed E-state index contributed by atoms with van der Waals surface area (Å²) in [5.41, 5.74) is 10.5. The molecule has 0 aliphatic heterocycles. The molecule has 0 heterocycles. The molecule has 0 rings (SSSR count). The van der Waals surface area contributed by atoms with Gasteiger partial charge in [-0.25, -0.2) is 0 Å². The average molecular weight is 140 g/mol. The van der Waals surface area contributed by atoms with E-state index in [0.717, 1.165) is 25.9 Å². The van der Waals surface area contributed by atoms with Gasteiger partial charge in [-0.3, -0.25) is 0 Å². The number of hydrogen-bond donors (Lipinski definition) is 2. The van der Waals surface area contributed by atoms with E-state index in [1.165, 1.54) is 0 Å². The molecule has 0 radical (unpaired) electrons. The average Bonchev–Trinajstić information content (AvgIpc) is 1.97. The molecule has 0 fully saturated rings. The summed E-state index contributed by atoms with van der Waals surface area (Å²) in [6, 6.07) is 0. The Labute approximate surface area is 62.6 Å². The summed E-state index contributed by atoms with van der Waals surface area (Å²) in [7, 11) is 0. The second-order valence-electron chi connectivity index (χ2n) is 2.01. The van der Waals surface area contributed by atoms with Gasteiger partial charge < -0.3 is 11.5 Å². The fourth-order valence-electron chi connectivity index (χ4n) is 0.542. The van der Waals surface area contributed by atoms with Gasteiger partial charge in [0.05, 0.1) is 0 Å². The third-order valence-electron chi connectivity index (χ3n) is 1.05. The minimum absolute atomic E-state index is 0.723. The van der Waals surface area contributed by atoms with Crippen molar-refractivity contribution in [2.24, 2.45) is 11.5 Å². The molecule has 0 unspecified atom stereocenters. The predicted octanol–water partition coefficient (Wildman–Crippen LogP) is 0.796. The molecule has 0 aromatic rings. The van der Waals surface area contributed by atoms with Gasteiger partial charge in [-0.15, -0.1) is 0 Å². The molecule has 2 nitrogen and oxygen atoms in total. The molecule has 4 N–H and O–H groups in total. The number of allylic oxidation sites excluding steroid dienone is 2. The highest BCUT2D eigenvalue weighted by Crippen LogP contribution is 1.83. The van der Waals surface area contributed by atoms with Gasteiger partial charge in [-0.05, 0) is 25.9 Å². The van der Waals surface area contributed by atoms with E-state index >= 15 is 0 Å². The molecule has 0 saturated heterocycles. The minimum Gasteiger partial charge on any atom is -0.330 e. The van der Waals surface area contributed by atoms with Crippen LogP contribution in [0.4, 0.5) is 0 Å². The lowest BCUT2D eigenvalue weighted by Gasteiger charge is -1.82. The number of hydrogen-bond acceptors (Lipinski definition) is 2. The summed E-state index contributed by atoms with van der Waals surface area (Å²) in [5, 5.41) is 0. The Morgan fingerprint density at radius 1 is 0.800 bits per heavy atom. The van der Waals surface area contributed by atoms with Crippen molar-refractivity contribution in [3.63, 3.8) is 0 Å². The van der Waals surface area contributed by atoms with E-state index in [2.05, 4.69) is 0 Å². The molecular weight excluding hydrogens is 124 g/mol. The number of rotatable bonds is 5. The van der Waals surface area contributed by atoms with Crippen LogP contribution < -0.4 is 11.5 Å². The molecule has 2 heteroatoms. The maximum Gasteiger partial charge on any atom is -0.00425 e. The molecule has 10 heavy (non-hydrogen) atoms. The largest absolute Gasteiger partial charge is 0.330 e. The highest BCUT2D eigenvalue weighted by atomic mass is 14.5. The summed E-state index contributed by atoms with van der Waals surface area (Å²) in [5.74, 6) is 0. The highest BCUT2D eigenvalue weighted by molar-refractivity contribution is 5.02. The first-order chi connectivity index (χ1) is 4.91. The van der Waals surface area contributed by atoms with E-state index in [4.69, 9.17) is 11.5 Å². The van der Waals surface area contributed by atoms with Crippen LogP contribution in [-0.4, -0.2) is 13.1 Å². The molecule has 0 atom stereocenters. The van der Waals surface area contributed by atoms with Crippen molar-refractivity contribution in [1.29, 1.82) is 0 Å². The summed E-state index contributed by atoms with van der Waals surface area (Å²) in [4.78, 5) is 0. The maximum atomic E-state index is 5.27. The van der Waals surface area contributed by atoms with Gasteiger partial charge in [-0.1, -0.05) is 24.3 Å². The van der Waals surface area contributed by atoms with E-state index in [1.807, 2.05) is 24.3 Å². The Kier molecular flexibility index (Phi) is 7.90. The monoisotopic (exact) mass is 140 g/mol. The van der Waals surface area contributed by atoms with E-state index in [0.29, 0.717) is 0 Å². The van der Waals surface area contributed by atoms with Crippen LogP contribution >= 0.6 is 0 Å². The van der Waals surface area contributed by atoms with Crippen LogP contribution in [0.1, 0.15) is 12.8 Å². The standard InChI is InChI=1S/C8H16N2/c9-7-5-3-1-2-4-6-8-10/h1-4H,5-10H2/b3-1+,4-2+. The smallest absolute Gasteiger partial charge is 0.00425 e. The Morgan fingerprint density at radius 3 is 1.50 bits per heavy atom. The van der Waals surface area contributed by atoms with Crippen molar-refractivity contribution >= 4 is 0 Å². The SMILES string of the molecule is NCC/C=C/C=C/CCN. The van der Waals surface area contributed by atoms with Gasteiger partial charge in [0, 0.05) is 0 Å². The normalized spacial score (nSPS) is 11.8. The van der Waals surface area contributed by atoms with Gasteiger partial charge in [0.15, 0.2) is 0 Å². The van der Waals surface area contributed by atoms with Crippen molar-refractivity contribution in [2.75, 3.05) is 13.1 Å². The first-order valence-electron chi connectivity index (χ1n) is 3.63. The molecule has 0 aliphatic carbocycles. The second kappa shape index (κ2) is 8.40. The Hall–Kier alpha value is -0.600. The molecule has 0 aromatic carbocycles. The van der Waals surface area contributed by atoms with Gasteiger partial charge in [0.1, 0.15) is 0 Å². The highest BCUT2D eigenvalue weighted by Gasteiger charge is 1.70. The maximum absolute atomic E-state index is 5.27. The Morgan fingerprint density at radius 2 is 1.20 bits per heavy atom.